The van der Waals surface area contributed by atoms with Crippen molar-refractivity contribution >= 4 is 16.7 Å². The molecule has 2 rings (SSSR count). The molecule has 0 fully saturated rings. The highest BCUT2D eigenvalue weighted by atomic mass is 16.4. The van der Waals surface area contributed by atoms with Gasteiger partial charge in [-0.2, -0.15) is 0 Å². The molecule has 2 aromatic carbocycles. The molecule has 0 amide bonds. The summed E-state index contributed by atoms with van der Waals surface area (Å²) in [5.74, 6) is -0.636. The summed E-state index contributed by atoms with van der Waals surface area (Å²) in [6.07, 6.45) is 1.05. The van der Waals surface area contributed by atoms with Crippen molar-refractivity contribution in [2.45, 2.75) is 25.7 Å². The summed E-state index contributed by atoms with van der Waals surface area (Å²) in [5, 5.41) is 11.3. The van der Waals surface area contributed by atoms with Crippen molar-refractivity contribution in [3.63, 3.8) is 0 Å². The maximum absolute atomic E-state index is 10.9. The monoisotopic (exact) mass is 228 g/mol. The van der Waals surface area contributed by atoms with Crippen LogP contribution < -0.4 is 0 Å². The SMILES string of the molecule is CC[C@@H](CC(=O)O)c1cccc2ccccc12. The van der Waals surface area contributed by atoms with Gasteiger partial charge in [0.05, 0.1) is 6.42 Å². The van der Waals surface area contributed by atoms with Crippen molar-refractivity contribution < 1.29 is 9.90 Å². The number of fused-ring (bicyclic) bond motifs is 1. The lowest BCUT2D eigenvalue weighted by molar-refractivity contribution is -0.137. The molecule has 1 atom stereocenters. The molecule has 0 aliphatic carbocycles. The van der Waals surface area contributed by atoms with Crippen molar-refractivity contribution in [1.29, 1.82) is 0 Å². The van der Waals surface area contributed by atoms with Crippen molar-refractivity contribution in [3.8, 4) is 0 Å². The summed E-state index contributed by atoms with van der Waals surface area (Å²) < 4.78 is 0. The van der Waals surface area contributed by atoms with E-state index in [0.717, 1.165) is 12.0 Å². The minimum atomic E-state index is -0.732. The summed E-state index contributed by atoms with van der Waals surface area (Å²) in [4.78, 5) is 10.9. The Labute approximate surface area is 101 Å². The Morgan fingerprint density at radius 2 is 1.88 bits per heavy atom. The molecule has 0 bridgehead atoms. The largest absolute Gasteiger partial charge is 0.481 e. The lowest BCUT2D eigenvalue weighted by Crippen LogP contribution is -2.05. The van der Waals surface area contributed by atoms with E-state index in [1.807, 2.05) is 31.2 Å². The van der Waals surface area contributed by atoms with Gasteiger partial charge in [0.25, 0.3) is 0 Å². The number of hydrogen-bond acceptors (Lipinski definition) is 1. The topological polar surface area (TPSA) is 37.3 Å². The van der Waals surface area contributed by atoms with Crippen LogP contribution in [-0.2, 0) is 4.79 Å². The van der Waals surface area contributed by atoms with E-state index in [2.05, 4.69) is 18.2 Å². The first-order valence-corrected chi connectivity index (χ1v) is 5.91. The molecule has 17 heavy (non-hydrogen) atoms. The Kier molecular flexibility index (Phi) is 3.43. The fourth-order valence-corrected chi connectivity index (χ4v) is 2.29. The number of benzene rings is 2. The predicted octanol–water partition coefficient (Wildman–Crippen LogP) is 3.81. The van der Waals surface area contributed by atoms with Gasteiger partial charge in [-0.15, -0.1) is 0 Å². The minimum Gasteiger partial charge on any atom is -0.481 e. The number of hydrogen-bond donors (Lipinski definition) is 1. The third-order valence-corrected chi connectivity index (χ3v) is 3.18. The van der Waals surface area contributed by atoms with Crippen LogP contribution in [0.25, 0.3) is 10.8 Å². The second-order valence-electron chi connectivity index (χ2n) is 4.27. The van der Waals surface area contributed by atoms with Crippen LogP contribution in [0.2, 0.25) is 0 Å². The van der Waals surface area contributed by atoms with Gasteiger partial charge in [0.2, 0.25) is 0 Å². The summed E-state index contributed by atoms with van der Waals surface area (Å²) in [6.45, 7) is 2.04. The maximum atomic E-state index is 10.9. The van der Waals surface area contributed by atoms with Crippen molar-refractivity contribution in [3.05, 3.63) is 48.0 Å². The molecule has 88 valence electrons. The number of carboxylic acid groups (broad SMARTS) is 1. The molecular formula is C15H16O2. The van der Waals surface area contributed by atoms with Crippen LogP contribution >= 0.6 is 0 Å². The summed E-state index contributed by atoms with van der Waals surface area (Å²) in [5.41, 5.74) is 1.15. The predicted molar refractivity (Wildman–Crippen MR) is 69.2 cm³/mol. The Bertz CT molecular complexity index is 526. The maximum Gasteiger partial charge on any atom is 0.303 e. The zero-order valence-electron chi connectivity index (χ0n) is 9.89. The Morgan fingerprint density at radius 3 is 2.59 bits per heavy atom. The summed E-state index contributed by atoms with van der Waals surface area (Å²) in [7, 11) is 0. The van der Waals surface area contributed by atoms with E-state index in [9.17, 15) is 4.79 Å². The van der Waals surface area contributed by atoms with Gasteiger partial charge in [-0.1, -0.05) is 49.4 Å². The average molecular weight is 228 g/mol. The zero-order valence-corrected chi connectivity index (χ0v) is 9.89. The van der Waals surface area contributed by atoms with Crippen LogP contribution in [0, 0.1) is 0 Å². The van der Waals surface area contributed by atoms with E-state index < -0.39 is 5.97 Å². The zero-order chi connectivity index (χ0) is 12.3. The first-order valence-electron chi connectivity index (χ1n) is 5.91. The fourth-order valence-electron chi connectivity index (χ4n) is 2.29. The Morgan fingerprint density at radius 1 is 1.18 bits per heavy atom. The average Bonchev–Trinajstić information content (AvgIpc) is 2.35. The number of carbonyl (C=O) groups is 1. The molecule has 0 aromatic heterocycles. The quantitative estimate of drug-likeness (QED) is 0.864. The molecule has 0 aliphatic rings. The van der Waals surface area contributed by atoms with Crippen LogP contribution in [0.5, 0.6) is 0 Å². The van der Waals surface area contributed by atoms with Gasteiger partial charge in [0.1, 0.15) is 0 Å². The molecular weight excluding hydrogens is 212 g/mol. The van der Waals surface area contributed by atoms with Gasteiger partial charge in [-0.05, 0) is 28.7 Å². The standard InChI is InChI=1S/C15H16O2/c1-2-11(10-15(16)17)13-9-5-7-12-6-3-4-8-14(12)13/h3-9,11H,2,10H2,1H3,(H,16,17)/t11-/m0/s1. The molecule has 0 aliphatic heterocycles. The highest BCUT2D eigenvalue weighted by molar-refractivity contribution is 5.86. The smallest absolute Gasteiger partial charge is 0.303 e. The van der Waals surface area contributed by atoms with Gasteiger partial charge in [0.15, 0.2) is 0 Å². The molecule has 0 spiro atoms. The van der Waals surface area contributed by atoms with Gasteiger partial charge >= 0.3 is 5.97 Å². The second kappa shape index (κ2) is 5.00. The van der Waals surface area contributed by atoms with Crippen molar-refractivity contribution in [1.82, 2.24) is 0 Å². The van der Waals surface area contributed by atoms with Crippen LogP contribution in [-0.4, -0.2) is 11.1 Å². The van der Waals surface area contributed by atoms with Gasteiger partial charge in [-0.25, -0.2) is 0 Å². The molecule has 2 heteroatoms. The normalized spacial score (nSPS) is 12.5. The third-order valence-electron chi connectivity index (χ3n) is 3.18. The number of carboxylic acids is 1. The molecule has 2 nitrogen and oxygen atoms in total. The molecule has 2 aromatic rings. The molecule has 0 saturated carbocycles. The van der Waals surface area contributed by atoms with E-state index in [1.54, 1.807) is 0 Å². The van der Waals surface area contributed by atoms with Gasteiger partial charge in [-0.3, -0.25) is 4.79 Å². The molecule has 0 heterocycles. The first-order chi connectivity index (χ1) is 8.22. The highest BCUT2D eigenvalue weighted by Crippen LogP contribution is 2.30. The van der Waals surface area contributed by atoms with Crippen molar-refractivity contribution in [2.75, 3.05) is 0 Å². The van der Waals surface area contributed by atoms with Gasteiger partial charge < -0.3 is 5.11 Å². The first kappa shape index (κ1) is 11.6. The fraction of sp³-hybridized carbons (Fsp3) is 0.267. The molecule has 0 saturated heterocycles. The molecule has 1 N–H and O–H groups in total. The van der Waals surface area contributed by atoms with E-state index in [4.69, 9.17) is 5.11 Å². The lowest BCUT2D eigenvalue weighted by Gasteiger charge is -2.15. The molecule has 0 unspecified atom stereocenters. The van der Waals surface area contributed by atoms with Crippen LogP contribution in [0.15, 0.2) is 42.5 Å². The minimum absolute atomic E-state index is 0.0959. The van der Waals surface area contributed by atoms with Crippen LogP contribution in [0.4, 0.5) is 0 Å². The van der Waals surface area contributed by atoms with E-state index >= 15 is 0 Å². The van der Waals surface area contributed by atoms with Crippen LogP contribution in [0.1, 0.15) is 31.2 Å². The van der Waals surface area contributed by atoms with Crippen molar-refractivity contribution in [2.24, 2.45) is 0 Å². The Hall–Kier alpha value is -1.83. The second-order valence-corrected chi connectivity index (χ2v) is 4.27. The summed E-state index contributed by atoms with van der Waals surface area (Å²) in [6, 6.07) is 14.2. The van der Waals surface area contributed by atoms with E-state index in [-0.39, 0.29) is 12.3 Å². The van der Waals surface area contributed by atoms with E-state index in [1.165, 1.54) is 10.8 Å². The Balaban J connectivity index is 2.49. The van der Waals surface area contributed by atoms with E-state index in [0.29, 0.717) is 0 Å². The highest BCUT2D eigenvalue weighted by Gasteiger charge is 2.15. The molecule has 0 radical (unpaired) electrons. The lowest BCUT2D eigenvalue weighted by atomic mass is 9.89. The number of aliphatic carboxylic acids is 1. The van der Waals surface area contributed by atoms with Crippen LogP contribution in [0.3, 0.4) is 0 Å². The van der Waals surface area contributed by atoms with Gasteiger partial charge in [0, 0.05) is 0 Å². The third kappa shape index (κ3) is 2.47. The number of rotatable bonds is 4. The summed E-state index contributed by atoms with van der Waals surface area (Å²) >= 11 is 0.